The molecule has 2 aromatic rings. The highest BCUT2D eigenvalue weighted by Gasteiger charge is 2.45. The van der Waals surface area contributed by atoms with E-state index in [-0.39, 0.29) is 0 Å². The van der Waals surface area contributed by atoms with Crippen LogP contribution in [0.15, 0.2) is 35.2 Å². The van der Waals surface area contributed by atoms with Gasteiger partial charge in [0.1, 0.15) is 6.10 Å². The molecule has 0 bridgehead atoms. The summed E-state index contributed by atoms with van der Waals surface area (Å²) in [7, 11) is 0. The van der Waals surface area contributed by atoms with Crippen LogP contribution in [0.1, 0.15) is 22.9 Å². The number of rotatable bonds is 2. The van der Waals surface area contributed by atoms with E-state index in [1.54, 1.807) is 5.51 Å². The third-order valence-electron chi connectivity index (χ3n) is 3.61. The van der Waals surface area contributed by atoms with Crippen LogP contribution in [0.2, 0.25) is 0 Å². The van der Waals surface area contributed by atoms with E-state index in [2.05, 4.69) is 11.1 Å². The lowest BCUT2D eigenvalue weighted by Crippen LogP contribution is -2.28. The van der Waals surface area contributed by atoms with Crippen LogP contribution in [0, 0.1) is 16.7 Å². The minimum atomic E-state index is -0.818. The number of aliphatic hydroxyl groups is 1. The smallest absolute Gasteiger partial charge is 0.116 e. The number of nitrogens with zero attached hydrogens (tertiary/aromatic N) is 2. The van der Waals surface area contributed by atoms with E-state index in [9.17, 15) is 10.4 Å². The highest BCUT2D eigenvalue weighted by molar-refractivity contribution is 7.07. The van der Waals surface area contributed by atoms with Gasteiger partial charge in [-0.3, -0.25) is 0 Å². The van der Waals surface area contributed by atoms with Gasteiger partial charge in [0, 0.05) is 5.38 Å². The molecule has 3 nitrogen and oxygen atoms in total. The second-order valence-corrected chi connectivity index (χ2v) is 5.42. The monoisotopic (exact) mass is 256 g/mol. The minimum Gasteiger partial charge on any atom is -0.385 e. The highest BCUT2D eigenvalue weighted by Crippen LogP contribution is 2.45. The molecule has 1 heterocycles. The van der Waals surface area contributed by atoms with E-state index in [1.165, 1.54) is 11.3 Å². The summed E-state index contributed by atoms with van der Waals surface area (Å²) in [6.45, 7) is 0. The maximum absolute atomic E-state index is 10.5. The van der Waals surface area contributed by atoms with Gasteiger partial charge in [-0.1, -0.05) is 24.3 Å². The van der Waals surface area contributed by atoms with Crippen molar-refractivity contribution in [3.05, 3.63) is 52.0 Å². The van der Waals surface area contributed by atoms with Crippen LogP contribution in [0.5, 0.6) is 0 Å². The lowest BCUT2D eigenvalue weighted by atomic mass is 9.79. The summed E-state index contributed by atoms with van der Waals surface area (Å²) >= 11 is 1.44. The largest absolute Gasteiger partial charge is 0.385 e. The average molecular weight is 256 g/mol. The first-order valence-electron chi connectivity index (χ1n) is 5.79. The fraction of sp³-hybridized carbons (Fsp3) is 0.286. The number of benzene rings is 1. The van der Waals surface area contributed by atoms with Gasteiger partial charge >= 0.3 is 0 Å². The summed E-state index contributed by atoms with van der Waals surface area (Å²) in [5.74, 6) is 0. The number of fused-ring (bicyclic) bond motifs is 1. The summed E-state index contributed by atoms with van der Waals surface area (Å²) < 4.78 is 0. The molecular formula is C14H12N2OS. The normalized spacial score (nSPS) is 18.0. The van der Waals surface area contributed by atoms with Crippen molar-refractivity contribution >= 4 is 11.3 Å². The molecule has 0 fully saturated rings. The van der Waals surface area contributed by atoms with Gasteiger partial charge in [-0.05, 0) is 24.0 Å². The molecule has 1 unspecified atom stereocenters. The molecule has 0 spiro atoms. The lowest BCUT2D eigenvalue weighted by Gasteiger charge is -2.25. The summed E-state index contributed by atoms with van der Waals surface area (Å²) in [6, 6.07) is 10.3. The van der Waals surface area contributed by atoms with E-state index < -0.39 is 11.5 Å². The molecule has 3 rings (SSSR count). The van der Waals surface area contributed by atoms with Crippen molar-refractivity contribution in [3.63, 3.8) is 0 Å². The molecule has 0 amide bonds. The molecule has 1 aliphatic carbocycles. The summed E-state index contributed by atoms with van der Waals surface area (Å²) in [6.07, 6.45) is 0.373. The van der Waals surface area contributed by atoms with E-state index >= 15 is 0 Å². The molecule has 4 heteroatoms. The predicted octanol–water partition coefficient (Wildman–Crippen LogP) is 2.49. The number of hydrogen-bond donors (Lipinski definition) is 1. The van der Waals surface area contributed by atoms with Crippen molar-refractivity contribution in [2.75, 3.05) is 0 Å². The van der Waals surface area contributed by atoms with Crippen molar-refractivity contribution in [1.82, 2.24) is 4.98 Å². The molecule has 1 N–H and O–H groups in total. The highest BCUT2D eigenvalue weighted by atomic mass is 32.1. The Balaban J connectivity index is 1.98. The summed E-state index contributed by atoms with van der Waals surface area (Å²) in [4.78, 5) is 4.13. The third-order valence-corrected chi connectivity index (χ3v) is 4.21. The topological polar surface area (TPSA) is 56.9 Å². The van der Waals surface area contributed by atoms with Crippen molar-refractivity contribution in [3.8, 4) is 6.07 Å². The molecule has 18 heavy (non-hydrogen) atoms. The van der Waals surface area contributed by atoms with Gasteiger partial charge in [-0.15, -0.1) is 11.3 Å². The molecule has 0 saturated heterocycles. The van der Waals surface area contributed by atoms with Crippen LogP contribution in [0.4, 0.5) is 0 Å². The Morgan fingerprint density at radius 3 is 2.50 bits per heavy atom. The zero-order chi connectivity index (χ0) is 12.6. The zero-order valence-corrected chi connectivity index (χ0v) is 10.5. The second kappa shape index (κ2) is 4.20. The molecule has 0 saturated carbocycles. The quantitative estimate of drug-likeness (QED) is 0.898. The molecule has 1 aromatic heterocycles. The zero-order valence-electron chi connectivity index (χ0n) is 9.71. The van der Waals surface area contributed by atoms with Gasteiger partial charge in [0.05, 0.1) is 22.7 Å². The maximum atomic E-state index is 10.5. The Morgan fingerprint density at radius 2 is 2.00 bits per heavy atom. The van der Waals surface area contributed by atoms with Gasteiger partial charge in [0.25, 0.3) is 0 Å². The SMILES string of the molecule is N#CC1(C(O)c2cscn2)Cc2ccccc2C1. The third kappa shape index (κ3) is 1.64. The van der Waals surface area contributed by atoms with Gasteiger partial charge in [-0.25, -0.2) is 4.98 Å². The molecular weight excluding hydrogens is 244 g/mol. The molecule has 1 atom stereocenters. The number of aliphatic hydroxyl groups excluding tert-OH is 1. The predicted molar refractivity (Wildman–Crippen MR) is 69.0 cm³/mol. The number of thiazole rings is 1. The second-order valence-electron chi connectivity index (χ2n) is 4.71. The van der Waals surface area contributed by atoms with Crippen LogP contribution in [0.25, 0.3) is 0 Å². The Kier molecular flexibility index (Phi) is 2.66. The van der Waals surface area contributed by atoms with Crippen LogP contribution >= 0.6 is 11.3 Å². The fourth-order valence-electron chi connectivity index (χ4n) is 2.62. The van der Waals surface area contributed by atoms with E-state index in [4.69, 9.17) is 0 Å². The Morgan fingerprint density at radius 1 is 1.33 bits per heavy atom. The van der Waals surface area contributed by atoms with Gasteiger partial charge in [-0.2, -0.15) is 5.26 Å². The maximum Gasteiger partial charge on any atom is 0.116 e. The molecule has 0 radical (unpaired) electrons. The Bertz CT molecular complexity index is 576. The van der Waals surface area contributed by atoms with E-state index in [1.807, 2.05) is 29.6 Å². The fourth-order valence-corrected chi connectivity index (χ4v) is 3.19. The lowest BCUT2D eigenvalue weighted by molar-refractivity contribution is 0.0661. The number of nitriles is 1. The van der Waals surface area contributed by atoms with Crippen molar-refractivity contribution < 1.29 is 5.11 Å². The standard InChI is InChI=1S/C14H12N2OS/c15-8-14(13(17)12-7-18-9-16-12)5-10-3-1-2-4-11(10)6-14/h1-4,7,9,13,17H,5-6H2. The van der Waals surface area contributed by atoms with Crippen LogP contribution in [0.3, 0.4) is 0 Å². The van der Waals surface area contributed by atoms with Crippen LogP contribution in [-0.4, -0.2) is 10.1 Å². The van der Waals surface area contributed by atoms with Crippen LogP contribution < -0.4 is 0 Å². The minimum absolute atomic E-state index is 0.596. The van der Waals surface area contributed by atoms with E-state index in [0.717, 1.165) is 11.1 Å². The molecule has 0 aliphatic heterocycles. The van der Waals surface area contributed by atoms with E-state index in [0.29, 0.717) is 18.5 Å². The average Bonchev–Trinajstić information content (AvgIpc) is 3.05. The van der Waals surface area contributed by atoms with Gasteiger partial charge in [0.2, 0.25) is 0 Å². The van der Waals surface area contributed by atoms with Crippen LogP contribution in [-0.2, 0) is 12.8 Å². The first-order chi connectivity index (χ1) is 8.75. The first-order valence-corrected chi connectivity index (χ1v) is 6.74. The molecule has 1 aliphatic rings. The molecule has 1 aromatic carbocycles. The first kappa shape index (κ1) is 11.4. The number of hydrogen-bond acceptors (Lipinski definition) is 4. The summed E-state index contributed by atoms with van der Waals surface area (Å²) in [5, 5.41) is 21.8. The summed E-state index contributed by atoms with van der Waals surface area (Å²) in [5.41, 5.74) is 3.85. The molecule has 90 valence electrons. The van der Waals surface area contributed by atoms with Gasteiger partial charge < -0.3 is 5.11 Å². The van der Waals surface area contributed by atoms with Gasteiger partial charge in [0.15, 0.2) is 0 Å². The van der Waals surface area contributed by atoms with Crippen molar-refractivity contribution in [2.24, 2.45) is 5.41 Å². The Hall–Kier alpha value is -1.70. The van der Waals surface area contributed by atoms with Crippen molar-refractivity contribution in [2.45, 2.75) is 18.9 Å². The Labute approximate surface area is 109 Å². The number of aromatic nitrogens is 1. The van der Waals surface area contributed by atoms with Crippen molar-refractivity contribution in [1.29, 1.82) is 5.26 Å².